The average molecular weight is 556 g/mol. The van der Waals surface area contributed by atoms with Crippen LogP contribution in [0.4, 0.5) is 19.4 Å². The molecule has 2 N–H and O–H groups in total. The Balaban J connectivity index is 1.32. The van der Waals surface area contributed by atoms with Crippen LogP contribution in [0.3, 0.4) is 0 Å². The number of nitrogens with one attached hydrogen (secondary N) is 2. The van der Waals surface area contributed by atoms with E-state index in [0.29, 0.717) is 17.8 Å². The number of amides is 2. The van der Waals surface area contributed by atoms with Crippen LogP contribution < -0.4 is 10.6 Å². The highest BCUT2D eigenvalue weighted by Crippen LogP contribution is 2.36. The quantitative estimate of drug-likeness (QED) is 0.280. The second-order valence-electron chi connectivity index (χ2n) is 10.7. The zero-order valence-corrected chi connectivity index (χ0v) is 23.3. The lowest BCUT2D eigenvalue weighted by Gasteiger charge is -2.27. The number of nitrogens with zero attached hydrogens (tertiary/aromatic N) is 5. The van der Waals surface area contributed by atoms with Gasteiger partial charge in [0.2, 0.25) is 0 Å². The first-order chi connectivity index (χ1) is 19.7. The van der Waals surface area contributed by atoms with Gasteiger partial charge in [0.15, 0.2) is 11.6 Å². The molecule has 0 aliphatic carbocycles. The van der Waals surface area contributed by atoms with E-state index >= 15 is 0 Å². The van der Waals surface area contributed by atoms with Gasteiger partial charge in [0.1, 0.15) is 5.82 Å². The third-order valence-electron chi connectivity index (χ3n) is 8.09. The van der Waals surface area contributed by atoms with Crippen molar-refractivity contribution in [2.24, 2.45) is 7.05 Å². The summed E-state index contributed by atoms with van der Waals surface area (Å²) in [6, 6.07) is 18.7. The Bertz CT molecular complexity index is 1750. The molecule has 0 bridgehead atoms. The van der Waals surface area contributed by atoms with E-state index in [4.69, 9.17) is 5.10 Å². The van der Waals surface area contributed by atoms with Gasteiger partial charge in [-0.1, -0.05) is 30.3 Å². The topological polar surface area (TPSA) is 80.0 Å². The van der Waals surface area contributed by atoms with Gasteiger partial charge < -0.3 is 5.32 Å². The molecule has 10 heteroatoms. The van der Waals surface area contributed by atoms with Crippen molar-refractivity contribution in [3.05, 3.63) is 95.7 Å². The van der Waals surface area contributed by atoms with Crippen LogP contribution in [-0.2, 0) is 7.05 Å². The number of halogens is 2. The zero-order valence-electron chi connectivity index (χ0n) is 23.3. The van der Waals surface area contributed by atoms with Crippen molar-refractivity contribution in [1.82, 2.24) is 29.8 Å². The molecule has 0 unspecified atom stereocenters. The lowest BCUT2D eigenvalue weighted by Crippen LogP contribution is -2.41. The lowest BCUT2D eigenvalue weighted by atomic mass is 9.99. The van der Waals surface area contributed by atoms with Gasteiger partial charge in [-0.2, -0.15) is 10.2 Å². The molecule has 3 atom stereocenters. The molecule has 6 rings (SSSR count). The van der Waals surface area contributed by atoms with Crippen LogP contribution >= 0.6 is 0 Å². The summed E-state index contributed by atoms with van der Waals surface area (Å²) < 4.78 is 31.3. The van der Waals surface area contributed by atoms with E-state index in [1.807, 2.05) is 87.4 Å². The van der Waals surface area contributed by atoms with E-state index in [9.17, 15) is 13.6 Å². The maximum atomic E-state index is 14.1. The fraction of sp³-hybridized carbons (Fsp3) is 0.258. The summed E-state index contributed by atoms with van der Waals surface area (Å²) in [5.74, 6) is -1.26. The predicted octanol–water partition coefficient (Wildman–Crippen LogP) is 5.97. The molecular formula is C31H31F2N7O. The molecular weight excluding hydrogens is 524 g/mol. The summed E-state index contributed by atoms with van der Waals surface area (Å²) in [5.41, 5.74) is 4.88. The van der Waals surface area contributed by atoms with Crippen molar-refractivity contribution in [3.63, 3.8) is 0 Å². The third-order valence-corrected chi connectivity index (χ3v) is 8.09. The number of aryl methyl sites for hydroxylation is 1. The summed E-state index contributed by atoms with van der Waals surface area (Å²) in [4.78, 5) is 15.6. The van der Waals surface area contributed by atoms with E-state index in [1.165, 1.54) is 6.07 Å². The number of para-hydroxylation sites is 1. The van der Waals surface area contributed by atoms with Crippen molar-refractivity contribution in [2.45, 2.75) is 38.4 Å². The summed E-state index contributed by atoms with van der Waals surface area (Å²) in [7, 11) is 3.83. The highest BCUT2D eigenvalue weighted by atomic mass is 19.2. The van der Waals surface area contributed by atoms with Crippen molar-refractivity contribution < 1.29 is 13.6 Å². The lowest BCUT2D eigenvalue weighted by molar-refractivity contribution is 0.230. The van der Waals surface area contributed by atoms with Gasteiger partial charge in [-0.25, -0.2) is 18.3 Å². The highest BCUT2D eigenvalue weighted by Gasteiger charge is 2.39. The second-order valence-corrected chi connectivity index (χ2v) is 10.7. The van der Waals surface area contributed by atoms with Crippen molar-refractivity contribution >= 4 is 22.8 Å². The molecule has 1 saturated heterocycles. The second kappa shape index (κ2) is 10.4. The van der Waals surface area contributed by atoms with Crippen molar-refractivity contribution in [3.8, 4) is 16.9 Å². The average Bonchev–Trinajstić information content (AvgIpc) is 3.58. The van der Waals surface area contributed by atoms with Crippen LogP contribution in [0.2, 0.25) is 0 Å². The summed E-state index contributed by atoms with van der Waals surface area (Å²) in [6.07, 6.45) is 2.47. The van der Waals surface area contributed by atoms with E-state index in [1.54, 1.807) is 10.7 Å². The fourth-order valence-electron chi connectivity index (χ4n) is 5.82. The standard InChI is InChI=1S/C31H31F2N7O/c1-18-14-26(29(38(18)3)21-10-12-24(32)25(33)16-21)35-31(41)36-30-19(2)28(37-40(30)23-8-6-5-7-9-23)20-11-13-27-22(15-20)17-34-39(27)4/h5-13,15-18,26,29H,14H2,1-4H3,(H2,35,36,41)/t18-,26-,29+/m1/s1. The van der Waals surface area contributed by atoms with Crippen molar-refractivity contribution in [1.29, 1.82) is 0 Å². The zero-order chi connectivity index (χ0) is 28.8. The monoisotopic (exact) mass is 555 g/mol. The molecule has 1 fully saturated rings. The number of likely N-dealkylation sites (tertiary alicyclic amines) is 1. The molecule has 5 aromatic rings. The predicted molar refractivity (Wildman–Crippen MR) is 155 cm³/mol. The molecule has 41 heavy (non-hydrogen) atoms. The van der Waals surface area contributed by atoms with Gasteiger partial charge >= 0.3 is 6.03 Å². The Morgan fingerprint density at radius 2 is 1.78 bits per heavy atom. The van der Waals surface area contributed by atoms with Crippen LogP contribution in [0, 0.1) is 18.6 Å². The van der Waals surface area contributed by atoms with Gasteiger partial charge in [0.05, 0.1) is 35.2 Å². The number of urea groups is 1. The first-order valence-corrected chi connectivity index (χ1v) is 13.5. The van der Waals surface area contributed by atoms with Crippen molar-refractivity contribution in [2.75, 3.05) is 12.4 Å². The maximum absolute atomic E-state index is 14.1. The van der Waals surface area contributed by atoms with Crippen LogP contribution in [0.5, 0.6) is 0 Å². The molecule has 1 aliphatic heterocycles. The van der Waals surface area contributed by atoms with E-state index in [-0.39, 0.29) is 18.1 Å². The normalized spacial score (nSPS) is 19.1. The smallest absolute Gasteiger partial charge is 0.320 e. The third kappa shape index (κ3) is 4.84. The number of carbonyl (C=O) groups excluding carboxylic acids is 1. The number of benzene rings is 3. The fourth-order valence-corrected chi connectivity index (χ4v) is 5.82. The number of hydrogen-bond donors (Lipinski definition) is 2. The van der Waals surface area contributed by atoms with Gasteiger partial charge in [-0.15, -0.1) is 0 Å². The van der Waals surface area contributed by atoms with Crippen LogP contribution in [-0.4, -0.2) is 49.6 Å². The van der Waals surface area contributed by atoms with Gasteiger partial charge in [0.25, 0.3) is 0 Å². The minimum atomic E-state index is -0.905. The maximum Gasteiger partial charge on any atom is 0.320 e. The number of fused-ring (bicyclic) bond motifs is 1. The van der Waals surface area contributed by atoms with Crippen LogP contribution in [0.15, 0.2) is 72.9 Å². The Labute approximate surface area is 236 Å². The number of aromatic nitrogens is 4. The van der Waals surface area contributed by atoms with E-state index in [0.717, 1.165) is 39.5 Å². The molecule has 0 spiro atoms. The Kier molecular flexibility index (Phi) is 6.78. The van der Waals surface area contributed by atoms with Crippen LogP contribution in [0.25, 0.3) is 27.8 Å². The number of hydrogen-bond acceptors (Lipinski definition) is 4. The minimum absolute atomic E-state index is 0.129. The van der Waals surface area contributed by atoms with E-state index < -0.39 is 17.7 Å². The molecule has 210 valence electrons. The van der Waals surface area contributed by atoms with Gasteiger partial charge in [0, 0.05) is 29.6 Å². The molecule has 0 saturated carbocycles. The first kappa shape index (κ1) is 26.6. The SMILES string of the molecule is Cc1c(-c2ccc3c(cnn3C)c2)nn(-c2ccccc2)c1NC(=O)N[C@@H]1C[C@@H](C)N(C)[C@H]1c1ccc(F)c(F)c1. The minimum Gasteiger partial charge on any atom is -0.333 e. The number of rotatable bonds is 5. The molecule has 3 heterocycles. The summed E-state index contributed by atoms with van der Waals surface area (Å²) in [5, 5.41) is 16.4. The molecule has 1 aliphatic rings. The molecule has 2 amide bonds. The largest absolute Gasteiger partial charge is 0.333 e. The van der Waals surface area contributed by atoms with Gasteiger partial charge in [-0.3, -0.25) is 14.9 Å². The van der Waals surface area contributed by atoms with E-state index in [2.05, 4.69) is 20.6 Å². The molecule has 8 nitrogen and oxygen atoms in total. The highest BCUT2D eigenvalue weighted by molar-refractivity contribution is 5.92. The number of anilines is 1. The molecule has 0 radical (unpaired) electrons. The summed E-state index contributed by atoms with van der Waals surface area (Å²) >= 11 is 0. The Morgan fingerprint density at radius 3 is 2.54 bits per heavy atom. The molecule has 3 aromatic carbocycles. The first-order valence-electron chi connectivity index (χ1n) is 13.5. The van der Waals surface area contributed by atoms with Gasteiger partial charge in [-0.05, 0) is 69.3 Å². The summed E-state index contributed by atoms with van der Waals surface area (Å²) in [6.45, 7) is 3.98. The number of carbonyl (C=O) groups is 1. The van der Waals surface area contributed by atoms with Crippen LogP contribution in [0.1, 0.15) is 30.5 Å². The Hall–Kier alpha value is -4.57. The Morgan fingerprint density at radius 1 is 1.00 bits per heavy atom. The molecule has 2 aromatic heterocycles. The number of likely N-dealkylation sites (N-methyl/N-ethyl adjacent to an activating group) is 1.